The molecule has 0 amide bonds. The van der Waals surface area contributed by atoms with E-state index in [1.807, 2.05) is 0 Å². The fourth-order valence-electron chi connectivity index (χ4n) is 5.59. The highest BCUT2D eigenvalue weighted by Crippen LogP contribution is 2.82. The molecule has 4 saturated carbocycles. The van der Waals surface area contributed by atoms with Crippen molar-refractivity contribution in [3.05, 3.63) is 11.1 Å². The van der Waals surface area contributed by atoms with Gasteiger partial charge in [0.1, 0.15) is 0 Å². The zero-order valence-electron chi connectivity index (χ0n) is 13.6. The Kier molecular flexibility index (Phi) is 2.68. The lowest BCUT2D eigenvalue weighted by atomic mass is 9.92. The molecule has 0 aromatic heterocycles. The second-order valence-corrected chi connectivity index (χ2v) is 7.87. The van der Waals surface area contributed by atoms with Gasteiger partial charge in [0, 0.05) is 17.8 Å². The van der Waals surface area contributed by atoms with Gasteiger partial charge in [-0.25, -0.2) is 9.59 Å². The molecule has 0 heterocycles. The summed E-state index contributed by atoms with van der Waals surface area (Å²) < 4.78 is 16.2. The van der Waals surface area contributed by atoms with Crippen LogP contribution in [0.2, 0.25) is 0 Å². The van der Waals surface area contributed by atoms with Crippen LogP contribution >= 0.6 is 0 Å². The summed E-state index contributed by atoms with van der Waals surface area (Å²) in [4.78, 5) is 24.5. The van der Waals surface area contributed by atoms with Crippen molar-refractivity contribution in [2.45, 2.75) is 32.5 Å². The fourth-order valence-corrected chi connectivity index (χ4v) is 5.59. The second-order valence-electron chi connectivity index (χ2n) is 7.87. The van der Waals surface area contributed by atoms with Crippen LogP contribution in [0.1, 0.15) is 20.8 Å². The Morgan fingerprint density at radius 1 is 0.818 bits per heavy atom. The first-order valence-corrected chi connectivity index (χ1v) is 7.90. The summed E-state index contributed by atoms with van der Waals surface area (Å²) >= 11 is 0. The van der Waals surface area contributed by atoms with E-state index in [9.17, 15) is 9.59 Å². The third kappa shape index (κ3) is 1.53. The Morgan fingerprint density at radius 2 is 1.27 bits per heavy atom. The minimum atomic E-state index is -0.376. The van der Waals surface area contributed by atoms with Crippen LogP contribution in [0.25, 0.3) is 0 Å². The first kappa shape index (κ1) is 14.2. The molecule has 0 aliphatic heterocycles. The van der Waals surface area contributed by atoms with E-state index < -0.39 is 0 Å². The lowest BCUT2D eigenvalue weighted by Gasteiger charge is -2.28. The molecule has 0 N–H and O–H groups in total. The lowest BCUT2D eigenvalue weighted by molar-refractivity contribution is -0.140. The van der Waals surface area contributed by atoms with Crippen LogP contribution in [0.5, 0.6) is 0 Å². The molecule has 5 aliphatic carbocycles. The van der Waals surface area contributed by atoms with E-state index in [4.69, 9.17) is 14.2 Å². The quantitative estimate of drug-likeness (QED) is 0.741. The number of hydrogen-bond acceptors (Lipinski definition) is 5. The summed E-state index contributed by atoms with van der Waals surface area (Å²) in [5.74, 6) is 1.19. The lowest BCUT2D eigenvalue weighted by Crippen LogP contribution is -2.32. The zero-order chi connectivity index (χ0) is 16.0. The van der Waals surface area contributed by atoms with Gasteiger partial charge in [-0.15, -0.1) is 0 Å². The molecule has 0 radical (unpaired) electrons. The average Bonchev–Trinajstić information content (AvgIpc) is 2.68. The summed E-state index contributed by atoms with van der Waals surface area (Å²) in [6, 6.07) is 0. The molecule has 5 nitrogen and oxygen atoms in total. The van der Waals surface area contributed by atoms with E-state index in [2.05, 4.69) is 20.8 Å². The van der Waals surface area contributed by atoms with Gasteiger partial charge in [0.05, 0.1) is 37.1 Å². The molecule has 0 saturated heterocycles. The van der Waals surface area contributed by atoms with Crippen LogP contribution in [0.15, 0.2) is 11.1 Å². The number of carbonyl (C=O) groups excluding carboxylic acids is 2. The van der Waals surface area contributed by atoms with Crippen LogP contribution in [-0.4, -0.2) is 37.9 Å². The number of esters is 2. The van der Waals surface area contributed by atoms with Crippen molar-refractivity contribution in [2.24, 2.45) is 35.5 Å². The maximum atomic E-state index is 12.2. The SMILES string of the molecule is COC(=O)C1=C(C(=O)OC)C2C3C(OC(C)(C)C)C4C(C13)C24. The largest absolute Gasteiger partial charge is 0.466 e. The Labute approximate surface area is 130 Å². The highest BCUT2D eigenvalue weighted by atomic mass is 16.5. The van der Waals surface area contributed by atoms with Crippen molar-refractivity contribution in [3.8, 4) is 0 Å². The van der Waals surface area contributed by atoms with Crippen molar-refractivity contribution >= 4 is 11.9 Å². The van der Waals surface area contributed by atoms with E-state index in [0.29, 0.717) is 28.9 Å². The summed E-state index contributed by atoms with van der Waals surface area (Å²) in [7, 11) is 2.74. The Morgan fingerprint density at radius 3 is 1.64 bits per heavy atom. The number of carbonyl (C=O) groups is 2. The Hall–Kier alpha value is -1.36. The van der Waals surface area contributed by atoms with E-state index in [1.165, 1.54) is 14.2 Å². The number of ether oxygens (including phenoxy) is 3. The molecule has 22 heavy (non-hydrogen) atoms. The van der Waals surface area contributed by atoms with Gasteiger partial charge in [-0.2, -0.15) is 0 Å². The summed E-state index contributed by atoms with van der Waals surface area (Å²) in [5, 5.41) is 0. The van der Waals surface area contributed by atoms with Crippen LogP contribution in [0, 0.1) is 35.5 Å². The molecule has 4 fully saturated rings. The van der Waals surface area contributed by atoms with Crippen LogP contribution in [0.4, 0.5) is 0 Å². The van der Waals surface area contributed by atoms with Crippen LogP contribution in [-0.2, 0) is 23.8 Å². The first-order valence-electron chi connectivity index (χ1n) is 7.90. The minimum absolute atomic E-state index is 0.119. The standard InChI is InChI=1S/C17H22O5/c1-17(2,3)22-14-10-6-7(10)9-11(14)8(6)12(15(18)20-4)13(9)16(19)21-5/h6-11,14H,1-5H3. The maximum Gasteiger partial charge on any atom is 0.334 e. The summed E-state index contributed by atoms with van der Waals surface area (Å²) in [6.07, 6.45) is 0.145. The predicted molar refractivity (Wildman–Crippen MR) is 76.6 cm³/mol. The van der Waals surface area contributed by atoms with E-state index in [0.717, 1.165) is 0 Å². The summed E-state index contributed by atoms with van der Waals surface area (Å²) in [5.41, 5.74) is 0.909. The van der Waals surface area contributed by atoms with Gasteiger partial charge in [0.25, 0.3) is 0 Å². The molecule has 5 rings (SSSR count). The van der Waals surface area contributed by atoms with Crippen molar-refractivity contribution in [1.82, 2.24) is 0 Å². The van der Waals surface area contributed by atoms with Crippen molar-refractivity contribution in [1.29, 1.82) is 0 Å². The van der Waals surface area contributed by atoms with Gasteiger partial charge in [0.2, 0.25) is 0 Å². The normalized spacial score (nSPS) is 43.6. The van der Waals surface area contributed by atoms with Gasteiger partial charge in [-0.05, 0) is 38.5 Å². The average molecular weight is 306 g/mol. The van der Waals surface area contributed by atoms with Crippen LogP contribution < -0.4 is 0 Å². The molecule has 0 aromatic carbocycles. The molecule has 6 bridgehead atoms. The maximum absolute atomic E-state index is 12.2. The number of hydrogen-bond donors (Lipinski definition) is 0. The molecule has 5 heteroatoms. The monoisotopic (exact) mass is 306 g/mol. The molecular formula is C17H22O5. The molecule has 0 spiro atoms. The van der Waals surface area contributed by atoms with Crippen molar-refractivity contribution in [3.63, 3.8) is 0 Å². The highest BCUT2D eigenvalue weighted by molar-refractivity contribution is 6.03. The van der Waals surface area contributed by atoms with E-state index in [-0.39, 0.29) is 41.4 Å². The van der Waals surface area contributed by atoms with Crippen molar-refractivity contribution < 1.29 is 23.8 Å². The topological polar surface area (TPSA) is 61.8 Å². The van der Waals surface area contributed by atoms with E-state index in [1.54, 1.807) is 0 Å². The third-order valence-electron chi connectivity index (χ3n) is 5.87. The van der Waals surface area contributed by atoms with Gasteiger partial charge in [0.15, 0.2) is 0 Å². The first-order chi connectivity index (χ1) is 10.3. The van der Waals surface area contributed by atoms with Crippen molar-refractivity contribution in [2.75, 3.05) is 14.2 Å². The fraction of sp³-hybridized carbons (Fsp3) is 0.765. The van der Waals surface area contributed by atoms with Gasteiger partial charge >= 0.3 is 11.9 Å². The second kappa shape index (κ2) is 4.13. The highest BCUT2D eigenvalue weighted by Gasteiger charge is 2.83. The zero-order valence-corrected chi connectivity index (χ0v) is 13.6. The van der Waals surface area contributed by atoms with Gasteiger partial charge in [-0.3, -0.25) is 0 Å². The predicted octanol–water partition coefficient (Wildman–Crippen LogP) is 1.56. The molecule has 120 valence electrons. The molecular weight excluding hydrogens is 284 g/mol. The summed E-state index contributed by atoms with van der Waals surface area (Å²) in [6.45, 7) is 6.16. The van der Waals surface area contributed by atoms with Gasteiger partial charge in [-0.1, -0.05) is 0 Å². The molecule has 5 aliphatic rings. The number of methoxy groups -OCH3 is 2. The minimum Gasteiger partial charge on any atom is -0.466 e. The van der Waals surface area contributed by atoms with Gasteiger partial charge < -0.3 is 14.2 Å². The molecule has 0 aromatic rings. The molecule has 5 atom stereocenters. The van der Waals surface area contributed by atoms with E-state index >= 15 is 0 Å². The van der Waals surface area contributed by atoms with Crippen LogP contribution in [0.3, 0.4) is 0 Å². The smallest absolute Gasteiger partial charge is 0.334 e. The Bertz CT molecular complexity index is 559. The molecule has 5 unspecified atom stereocenters. The number of rotatable bonds is 3. The Balaban J connectivity index is 1.72. The third-order valence-corrected chi connectivity index (χ3v) is 5.87.